The Bertz CT molecular complexity index is 849. The van der Waals surface area contributed by atoms with Crippen LogP contribution < -0.4 is 10.8 Å². The summed E-state index contributed by atoms with van der Waals surface area (Å²) in [6, 6.07) is 13.1. The van der Waals surface area contributed by atoms with Crippen LogP contribution in [-0.2, 0) is 16.8 Å². The van der Waals surface area contributed by atoms with E-state index >= 15 is 0 Å². The molecule has 6 nitrogen and oxygen atoms in total. The van der Waals surface area contributed by atoms with Crippen molar-refractivity contribution in [1.29, 1.82) is 0 Å². The molecule has 3 rings (SSSR count). The molecule has 0 bridgehead atoms. The lowest BCUT2D eigenvalue weighted by molar-refractivity contribution is -0.124. The van der Waals surface area contributed by atoms with Gasteiger partial charge in [0.05, 0.1) is 0 Å². The van der Waals surface area contributed by atoms with E-state index in [1.807, 2.05) is 12.1 Å². The lowest BCUT2D eigenvalue weighted by Crippen LogP contribution is -2.26. The minimum atomic E-state index is -0.564. The molecule has 0 radical (unpaired) electrons. The Morgan fingerprint density at radius 1 is 1.19 bits per heavy atom. The maximum atomic E-state index is 11.0. The molecule has 1 fully saturated rings. The van der Waals surface area contributed by atoms with Crippen molar-refractivity contribution >= 4 is 42.6 Å². The molecule has 1 saturated heterocycles. The highest BCUT2D eigenvalue weighted by molar-refractivity contribution is 5.90. The van der Waals surface area contributed by atoms with Crippen LogP contribution in [0.25, 0.3) is 6.08 Å². The van der Waals surface area contributed by atoms with Gasteiger partial charge in [-0.25, -0.2) is 10.5 Å². The third-order valence-electron chi connectivity index (χ3n) is 5.17. The van der Waals surface area contributed by atoms with Gasteiger partial charge in [0.2, 0.25) is 0 Å². The summed E-state index contributed by atoms with van der Waals surface area (Å²) in [5.74, 6) is 0.265. The van der Waals surface area contributed by atoms with Gasteiger partial charge in [-0.3, -0.25) is 14.9 Å². The summed E-state index contributed by atoms with van der Waals surface area (Å²) in [5.41, 5.74) is 5.26. The van der Waals surface area contributed by atoms with Gasteiger partial charge >= 0.3 is 0 Å². The van der Waals surface area contributed by atoms with Crippen LogP contribution in [-0.4, -0.2) is 40.1 Å². The van der Waals surface area contributed by atoms with Gasteiger partial charge < -0.3 is 5.32 Å². The van der Waals surface area contributed by atoms with Crippen LogP contribution in [0.2, 0.25) is 0 Å². The molecule has 3 N–H and O–H groups in total. The van der Waals surface area contributed by atoms with Gasteiger partial charge in [0.25, 0.3) is 5.91 Å². The molecular formula is C23H32Cl2N4O2. The summed E-state index contributed by atoms with van der Waals surface area (Å²) in [7, 11) is 0. The quantitative estimate of drug-likeness (QED) is 0.333. The van der Waals surface area contributed by atoms with E-state index in [2.05, 4.69) is 60.2 Å². The van der Waals surface area contributed by atoms with E-state index in [4.69, 9.17) is 5.21 Å². The van der Waals surface area contributed by atoms with E-state index in [9.17, 15) is 4.79 Å². The Morgan fingerprint density at radius 3 is 2.48 bits per heavy atom. The molecule has 8 heteroatoms. The summed E-state index contributed by atoms with van der Waals surface area (Å²) in [6.07, 6.45) is 5.64. The molecule has 170 valence electrons. The van der Waals surface area contributed by atoms with Crippen molar-refractivity contribution in [2.75, 3.05) is 18.4 Å². The number of anilines is 1. The van der Waals surface area contributed by atoms with Crippen LogP contribution in [0.5, 0.6) is 0 Å². The third-order valence-corrected chi connectivity index (χ3v) is 5.17. The second kappa shape index (κ2) is 12.1. The molecule has 2 aromatic rings. The fraction of sp³-hybridized carbons (Fsp3) is 0.391. The van der Waals surface area contributed by atoms with Crippen molar-refractivity contribution in [2.45, 2.75) is 45.2 Å². The van der Waals surface area contributed by atoms with E-state index in [-0.39, 0.29) is 30.2 Å². The first-order chi connectivity index (χ1) is 13.8. The zero-order chi connectivity index (χ0) is 20.9. The highest BCUT2D eigenvalue weighted by atomic mass is 35.5. The fourth-order valence-electron chi connectivity index (χ4n) is 3.47. The number of carbonyl (C=O) groups excluding carboxylic acids is 1. The average molecular weight is 467 g/mol. The monoisotopic (exact) mass is 466 g/mol. The van der Waals surface area contributed by atoms with Gasteiger partial charge in [0, 0.05) is 37.9 Å². The lowest BCUT2D eigenvalue weighted by atomic mass is 9.87. The molecule has 0 spiro atoms. The molecule has 1 aromatic heterocycles. The largest absolute Gasteiger partial charge is 0.366 e. The molecule has 0 saturated carbocycles. The van der Waals surface area contributed by atoms with Crippen LogP contribution in [0.4, 0.5) is 5.82 Å². The van der Waals surface area contributed by atoms with E-state index < -0.39 is 5.91 Å². The topological polar surface area (TPSA) is 77.5 Å². The third kappa shape index (κ3) is 8.15. The molecule has 0 unspecified atom stereocenters. The fourth-order valence-corrected chi connectivity index (χ4v) is 3.47. The Labute approximate surface area is 196 Å². The SMILES string of the molecule is CC(C)(C)c1ccc(CN2CC[C@@H](Nc3ccc(C=CC(=O)NO)cn3)C2)cc1.Cl.Cl. The molecule has 2 heterocycles. The summed E-state index contributed by atoms with van der Waals surface area (Å²) < 4.78 is 0. The van der Waals surface area contributed by atoms with Crippen molar-refractivity contribution in [1.82, 2.24) is 15.4 Å². The molecule has 1 atom stereocenters. The summed E-state index contributed by atoms with van der Waals surface area (Å²) in [5, 5.41) is 12.0. The molecule has 0 aliphatic carbocycles. The Hall–Kier alpha value is -2.12. The molecule has 1 aromatic carbocycles. The van der Waals surface area contributed by atoms with E-state index in [1.165, 1.54) is 17.2 Å². The maximum Gasteiger partial charge on any atom is 0.267 e. The second-order valence-electron chi connectivity index (χ2n) is 8.60. The zero-order valence-electron chi connectivity index (χ0n) is 18.2. The summed E-state index contributed by atoms with van der Waals surface area (Å²) >= 11 is 0. The minimum Gasteiger partial charge on any atom is -0.366 e. The van der Waals surface area contributed by atoms with E-state index in [0.29, 0.717) is 6.04 Å². The average Bonchev–Trinajstić information content (AvgIpc) is 3.13. The number of aromatic nitrogens is 1. The number of carbonyl (C=O) groups is 1. The van der Waals surface area contributed by atoms with Crippen molar-refractivity contribution in [2.24, 2.45) is 0 Å². The first-order valence-corrected chi connectivity index (χ1v) is 10.00. The number of nitrogens with zero attached hydrogens (tertiary/aromatic N) is 2. The molecule has 1 aliphatic rings. The first-order valence-electron chi connectivity index (χ1n) is 10.00. The second-order valence-corrected chi connectivity index (χ2v) is 8.60. The highest BCUT2D eigenvalue weighted by Crippen LogP contribution is 2.23. The maximum absolute atomic E-state index is 11.0. The number of nitrogens with one attached hydrogen (secondary N) is 2. The normalized spacial score (nSPS) is 16.5. The summed E-state index contributed by atoms with van der Waals surface area (Å²) in [6.45, 7) is 9.73. The van der Waals surface area contributed by atoms with Crippen LogP contribution >= 0.6 is 24.8 Å². The van der Waals surface area contributed by atoms with Gasteiger partial charge in [-0.15, -0.1) is 24.8 Å². The first kappa shape index (κ1) is 26.9. The smallest absolute Gasteiger partial charge is 0.267 e. The summed E-state index contributed by atoms with van der Waals surface area (Å²) in [4.78, 5) is 17.9. The molecular weight excluding hydrogens is 435 g/mol. The van der Waals surface area contributed by atoms with Gasteiger partial charge in [0.15, 0.2) is 0 Å². The number of rotatable bonds is 6. The Balaban J connectivity index is 0.00000240. The predicted molar refractivity (Wildman–Crippen MR) is 130 cm³/mol. The predicted octanol–water partition coefficient (Wildman–Crippen LogP) is 4.43. The van der Waals surface area contributed by atoms with Crippen molar-refractivity contribution in [3.8, 4) is 0 Å². The molecule has 31 heavy (non-hydrogen) atoms. The standard InChI is InChI=1S/C23H30N4O2.2ClH/c1-23(2,3)19-8-4-18(5-9-19)15-27-13-12-20(16-27)25-21-10-6-17(14-24-21)7-11-22(28)26-29;;/h4-11,14,20,29H,12-13,15-16H2,1-3H3,(H,24,25)(H,26,28);2*1H/t20-;;/m1../s1. The van der Waals surface area contributed by atoms with E-state index in [1.54, 1.807) is 17.8 Å². The van der Waals surface area contributed by atoms with Crippen LogP contribution in [0, 0.1) is 0 Å². The van der Waals surface area contributed by atoms with Crippen molar-refractivity contribution in [3.05, 3.63) is 65.4 Å². The van der Waals surface area contributed by atoms with Crippen LogP contribution in [0.15, 0.2) is 48.7 Å². The van der Waals surface area contributed by atoms with Crippen LogP contribution in [0.3, 0.4) is 0 Å². The van der Waals surface area contributed by atoms with Gasteiger partial charge in [0.1, 0.15) is 5.82 Å². The van der Waals surface area contributed by atoms with Crippen molar-refractivity contribution < 1.29 is 10.0 Å². The number of likely N-dealkylation sites (tertiary alicyclic amines) is 1. The number of amides is 1. The Morgan fingerprint density at radius 2 is 1.90 bits per heavy atom. The number of halogens is 2. The van der Waals surface area contributed by atoms with Crippen LogP contribution in [0.1, 0.15) is 43.9 Å². The molecule has 1 aliphatic heterocycles. The molecule has 1 amide bonds. The Kier molecular flexibility index (Phi) is 10.5. The van der Waals surface area contributed by atoms with Gasteiger partial charge in [-0.1, -0.05) is 45.0 Å². The number of hydrogen-bond acceptors (Lipinski definition) is 5. The van der Waals surface area contributed by atoms with Gasteiger partial charge in [-0.05, 0) is 46.7 Å². The number of hydroxylamine groups is 1. The lowest BCUT2D eigenvalue weighted by Gasteiger charge is -2.20. The minimum absolute atomic E-state index is 0. The van der Waals surface area contributed by atoms with Gasteiger partial charge in [-0.2, -0.15) is 0 Å². The van der Waals surface area contributed by atoms with E-state index in [0.717, 1.165) is 37.4 Å². The van der Waals surface area contributed by atoms with Crippen molar-refractivity contribution in [3.63, 3.8) is 0 Å². The number of benzene rings is 1. The zero-order valence-corrected chi connectivity index (χ0v) is 19.8. The number of hydrogen-bond donors (Lipinski definition) is 3. The highest BCUT2D eigenvalue weighted by Gasteiger charge is 2.22. The number of pyridine rings is 1.